The van der Waals surface area contributed by atoms with Crippen molar-refractivity contribution in [2.24, 2.45) is 0 Å². The second-order valence-corrected chi connectivity index (χ2v) is 6.03. The van der Waals surface area contributed by atoms with Crippen molar-refractivity contribution < 1.29 is 27.4 Å². The molecule has 2 N–H and O–H groups in total. The topological polar surface area (TPSA) is 92.7 Å². The van der Waals surface area contributed by atoms with E-state index < -0.39 is 38.9 Å². The molecule has 0 aliphatic rings. The highest BCUT2D eigenvalue weighted by Crippen LogP contribution is 2.22. The minimum Gasteiger partial charge on any atom is -0.468 e. The number of hydrogen-bond acceptors (Lipinski definition) is 5. The van der Waals surface area contributed by atoms with Crippen LogP contribution in [0.15, 0.2) is 23.1 Å². The van der Waals surface area contributed by atoms with Crippen molar-refractivity contribution in [2.75, 3.05) is 7.11 Å². The minimum absolute atomic E-state index is 0.341. The number of nitrogens with one attached hydrogen (secondary N) is 1. The van der Waals surface area contributed by atoms with Crippen LogP contribution in [0.1, 0.15) is 6.92 Å². The molecule has 0 spiro atoms. The Morgan fingerprint density at radius 2 is 2.10 bits per heavy atom. The zero-order chi connectivity index (χ0) is 15.5. The minimum atomic E-state index is -4.22. The van der Waals surface area contributed by atoms with Gasteiger partial charge in [0.15, 0.2) is 0 Å². The number of aliphatic hydroxyl groups is 1. The predicted octanol–water partition coefficient (Wildman–Crippen LogP) is 0.680. The van der Waals surface area contributed by atoms with Gasteiger partial charge in [-0.1, -0.05) is 11.6 Å². The summed E-state index contributed by atoms with van der Waals surface area (Å²) in [6.45, 7) is 1.22. The van der Waals surface area contributed by atoms with Crippen molar-refractivity contribution in [3.63, 3.8) is 0 Å². The second kappa shape index (κ2) is 6.49. The Labute approximate surface area is 120 Å². The van der Waals surface area contributed by atoms with Gasteiger partial charge in [-0.3, -0.25) is 4.79 Å². The van der Waals surface area contributed by atoms with Crippen molar-refractivity contribution in [1.29, 1.82) is 0 Å². The molecule has 0 aliphatic heterocycles. The first-order valence-electron chi connectivity index (χ1n) is 5.42. The summed E-state index contributed by atoms with van der Waals surface area (Å²) in [5.41, 5.74) is 0. The average molecular weight is 326 g/mol. The molecule has 1 aromatic rings. The largest absolute Gasteiger partial charge is 0.468 e. The number of carbonyl (C=O) groups excluding carboxylic acids is 1. The molecule has 0 fully saturated rings. The van der Waals surface area contributed by atoms with Crippen LogP contribution in [-0.2, 0) is 19.6 Å². The third-order valence-electron chi connectivity index (χ3n) is 2.40. The van der Waals surface area contributed by atoms with E-state index in [4.69, 9.17) is 11.6 Å². The van der Waals surface area contributed by atoms with Gasteiger partial charge in [-0.15, -0.1) is 0 Å². The summed E-state index contributed by atoms with van der Waals surface area (Å²) >= 11 is 5.65. The van der Waals surface area contributed by atoms with Crippen molar-refractivity contribution >= 4 is 27.6 Å². The Hall–Kier alpha value is -1.22. The van der Waals surface area contributed by atoms with E-state index in [-0.39, 0.29) is 5.02 Å². The molecule has 0 bridgehead atoms. The lowest BCUT2D eigenvalue weighted by molar-refractivity contribution is -0.145. The first kappa shape index (κ1) is 16.8. The quantitative estimate of drug-likeness (QED) is 0.777. The maximum atomic E-state index is 12.9. The molecule has 1 rings (SSSR count). The highest BCUT2D eigenvalue weighted by molar-refractivity contribution is 7.89. The van der Waals surface area contributed by atoms with Crippen LogP contribution in [-0.4, -0.2) is 38.7 Å². The third kappa shape index (κ3) is 3.89. The molecule has 2 atom stereocenters. The predicted molar refractivity (Wildman–Crippen MR) is 69.2 cm³/mol. The zero-order valence-electron chi connectivity index (χ0n) is 10.6. The molecule has 0 radical (unpaired) electrons. The molecule has 20 heavy (non-hydrogen) atoms. The monoisotopic (exact) mass is 325 g/mol. The van der Waals surface area contributed by atoms with Gasteiger partial charge in [0.05, 0.1) is 18.2 Å². The van der Waals surface area contributed by atoms with Gasteiger partial charge in [0.2, 0.25) is 10.0 Å². The average Bonchev–Trinajstić information content (AvgIpc) is 2.34. The van der Waals surface area contributed by atoms with Crippen LogP contribution < -0.4 is 4.72 Å². The van der Waals surface area contributed by atoms with E-state index >= 15 is 0 Å². The fourth-order valence-electron chi connectivity index (χ4n) is 1.39. The van der Waals surface area contributed by atoms with Crippen LogP contribution in [0.3, 0.4) is 0 Å². The number of ether oxygens (including phenoxy) is 1. The van der Waals surface area contributed by atoms with Crippen LogP contribution >= 0.6 is 11.6 Å². The van der Waals surface area contributed by atoms with Crippen LogP contribution in [0.5, 0.6) is 0 Å². The highest BCUT2D eigenvalue weighted by atomic mass is 35.5. The van der Waals surface area contributed by atoms with E-state index in [1.165, 1.54) is 6.92 Å². The van der Waals surface area contributed by atoms with Crippen molar-refractivity contribution in [3.05, 3.63) is 29.0 Å². The van der Waals surface area contributed by atoms with Gasteiger partial charge in [-0.2, -0.15) is 4.72 Å². The standard InChI is InChI=1S/C11H13ClFNO5S/c1-6(15)10(11(16)19-2)14-20(17,18)9-4-3-7(13)5-8(9)12/h3-6,10,14-15H,1-2H3/t6-,10-/m0/s1. The van der Waals surface area contributed by atoms with E-state index in [0.717, 1.165) is 25.3 Å². The molecule has 1 aromatic carbocycles. The van der Waals surface area contributed by atoms with Gasteiger partial charge < -0.3 is 9.84 Å². The summed E-state index contributed by atoms with van der Waals surface area (Å²) in [5, 5.41) is 9.08. The number of esters is 1. The lowest BCUT2D eigenvalue weighted by Gasteiger charge is -2.19. The van der Waals surface area contributed by atoms with Crippen molar-refractivity contribution in [3.8, 4) is 0 Å². The molecule has 112 valence electrons. The summed E-state index contributed by atoms with van der Waals surface area (Å²) in [5.74, 6) is -1.66. The first-order valence-corrected chi connectivity index (χ1v) is 7.28. The molecule has 0 unspecified atom stereocenters. The normalized spacial score (nSPS) is 14.7. The lowest BCUT2D eigenvalue weighted by atomic mass is 10.2. The number of carbonyl (C=O) groups is 1. The molecule has 0 heterocycles. The molecular weight excluding hydrogens is 313 g/mol. The smallest absolute Gasteiger partial charge is 0.326 e. The maximum absolute atomic E-state index is 12.9. The van der Waals surface area contributed by atoms with Crippen LogP contribution in [0.25, 0.3) is 0 Å². The van der Waals surface area contributed by atoms with E-state index in [1.54, 1.807) is 0 Å². The van der Waals surface area contributed by atoms with Gasteiger partial charge in [0.25, 0.3) is 0 Å². The van der Waals surface area contributed by atoms with Gasteiger partial charge >= 0.3 is 5.97 Å². The zero-order valence-corrected chi connectivity index (χ0v) is 12.2. The van der Waals surface area contributed by atoms with Crippen LogP contribution in [0, 0.1) is 5.82 Å². The number of sulfonamides is 1. The number of hydrogen-bond donors (Lipinski definition) is 2. The Morgan fingerprint density at radius 1 is 1.50 bits per heavy atom. The molecular formula is C11H13ClFNO5S. The van der Waals surface area contributed by atoms with Gasteiger partial charge in [0, 0.05) is 0 Å². The molecule has 0 saturated carbocycles. The molecule has 9 heteroatoms. The number of aliphatic hydroxyl groups excluding tert-OH is 1. The fraction of sp³-hybridized carbons (Fsp3) is 0.364. The lowest BCUT2D eigenvalue weighted by Crippen LogP contribution is -2.48. The Kier molecular flexibility index (Phi) is 5.46. The molecule has 6 nitrogen and oxygen atoms in total. The summed E-state index contributed by atoms with van der Waals surface area (Å²) in [4.78, 5) is 11.0. The van der Waals surface area contributed by atoms with E-state index in [2.05, 4.69) is 4.74 Å². The van der Waals surface area contributed by atoms with Crippen molar-refractivity contribution in [2.45, 2.75) is 24.0 Å². The van der Waals surface area contributed by atoms with E-state index in [0.29, 0.717) is 0 Å². The third-order valence-corrected chi connectivity index (χ3v) is 4.33. The SMILES string of the molecule is COC(=O)[C@@H](NS(=O)(=O)c1ccc(F)cc1Cl)[C@H](C)O. The number of methoxy groups -OCH3 is 1. The Bertz CT molecular complexity index is 605. The molecule has 0 aromatic heterocycles. The Morgan fingerprint density at radius 3 is 2.55 bits per heavy atom. The van der Waals surface area contributed by atoms with E-state index in [1.807, 2.05) is 4.72 Å². The number of benzene rings is 1. The van der Waals surface area contributed by atoms with Gasteiger partial charge in [0.1, 0.15) is 16.8 Å². The van der Waals surface area contributed by atoms with Gasteiger partial charge in [-0.05, 0) is 25.1 Å². The Balaban J connectivity index is 3.13. The number of rotatable bonds is 5. The maximum Gasteiger partial charge on any atom is 0.326 e. The number of halogens is 2. The molecule has 0 amide bonds. The highest BCUT2D eigenvalue weighted by Gasteiger charge is 2.31. The van der Waals surface area contributed by atoms with E-state index in [9.17, 15) is 22.7 Å². The molecule has 0 saturated heterocycles. The molecule has 0 aliphatic carbocycles. The summed E-state index contributed by atoms with van der Waals surface area (Å²) in [7, 11) is -3.16. The van der Waals surface area contributed by atoms with Crippen LogP contribution in [0.4, 0.5) is 4.39 Å². The fourth-order valence-corrected chi connectivity index (χ4v) is 3.18. The second-order valence-electron chi connectivity index (χ2n) is 3.94. The van der Waals surface area contributed by atoms with Crippen molar-refractivity contribution in [1.82, 2.24) is 4.72 Å². The van der Waals surface area contributed by atoms with Gasteiger partial charge in [-0.25, -0.2) is 12.8 Å². The van der Waals surface area contributed by atoms with Crippen LogP contribution in [0.2, 0.25) is 5.02 Å². The summed E-state index contributed by atoms with van der Waals surface area (Å²) in [6, 6.07) is 1.20. The summed E-state index contributed by atoms with van der Waals surface area (Å²) in [6.07, 6.45) is -1.32. The first-order chi connectivity index (χ1) is 9.19. The summed E-state index contributed by atoms with van der Waals surface area (Å²) < 4.78 is 43.4.